The van der Waals surface area contributed by atoms with Crippen molar-refractivity contribution in [3.63, 3.8) is 0 Å². The molecular weight excluding hydrogens is 236 g/mol. The highest BCUT2D eigenvalue weighted by molar-refractivity contribution is 5.80. The number of benzene rings is 1. The van der Waals surface area contributed by atoms with Crippen LogP contribution in [0.2, 0.25) is 0 Å². The first-order valence-electron chi connectivity index (χ1n) is 7.39. The Morgan fingerprint density at radius 1 is 1.16 bits per heavy atom. The predicted molar refractivity (Wildman–Crippen MR) is 75.6 cm³/mol. The molecule has 0 radical (unpaired) electrons. The molecule has 2 aliphatic carbocycles. The highest BCUT2D eigenvalue weighted by atomic mass is 16.2. The number of rotatable bonds is 2. The highest BCUT2D eigenvalue weighted by Gasteiger charge is 2.31. The van der Waals surface area contributed by atoms with Crippen LogP contribution in [-0.2, 0) is 11.2 Å². The molecule has 0 aliphatic heterocycles. The lowest BCUT2D eigenvalue weighted by atomic mass is 9.84. The van der Waals surface area contributed by atoms with Crippen LogP contribution in [0.3, 0.4) is 0 Å². The third-order valence-corrected chi connectivity index (χ3v) is 4.61. The van der Waals surface area contributed by atoms with Crippen molar-refractivity contribution in [3.05, 3.63) is 35.4 Å². The molecule has 1 fully saturated rings. The molecule has 0 bridgehead atoms. The average Bonchev–Trinajstić information content (AvgIpc) is 2.83. The Bertz CT molecular complexity index is 472. The molecular formula is C16H22N2O. The Morgan fingerprint density at radius 2 is 1.95 bits per heavy atom. The van der Waals surface area contributed by atoms with Gasteiger partial charge >= 0.3 is 0 Å². The number of fused-ring (bicyclic) bond motifs is 1. The maximum atomic E-state index is 12.4. The fraction of sp³-hybridized carbons (Fsp3) is 0.562. The molecule has 1 saturated carbocycles. The Balaban J connectivity index is 1.67. The molecule has 0 heterocycles. The van der Waals surface area contributed by atoms with Crippen molar-refractivity contribution < 1.29 is 4.79 Å². The molecule has 0 spiro atoms. The molecule has 0 saturated heterocycles. The number of carbonyl (C=O) groups is 1. The van der Waals surface area contributed by atoms with E-state index in [1.165, 1.54) is 11.1 Å². The molecule has 102 valence electrons. The smallest absolute Gasteiger partial charge is 0.225 e. The van der Waals surface area contributed by atoms with E-state index in [2.05, 4.69) is 29.6 Å². The van der Waals surface area contributed by atoms with E-state index in [1.807, 2.05) is 0 Å². The van der Waals surface area contributed by atoms with E-state index >= 15 is 0 Å². The number of hydrogen-bond donors (Lipinski definition) is 2. The van der Waals surface area contributed by atoms with Gasteiger partial charge in [0.05, 0.1) is 12.0 Å². The van der Waals surface area contributed by atoms with Crippen molar-refractivity contribution in [2.75, 3.05) is 0 Å². The quantitative estimate of drug-likeness (QED) is 0.855. The van der Waals surface area contributed by atoms with E-state index in [4.69, 9.17) is 5.73 Å². The second-order valence-electron chi connectivity index (χ2n) is 5.85. The first-order chi connectivity index (χ1) is 9.25. The fourth-order valence-electron chi connectivity index (χ4n) is 3.47. The zero-order valence-electron chi connectivity index (χ0n) is 11.3. The highest BCUT2D eigenvalue weighted by Crippen LogP contribution is 2.32. The number of nitrogens with one attached hydrogen (secondary N) is 1. The summed E-state index contributed by atoms with van der Waals surface area (Å²) in [6, 6.07) is 8.65. The SMILES string of the molecule is NC1CCCCC1C(=O)NC1CCc2ccccc21. The standard InChI is InChI=1S/C16H22N2O/c17-14-8-4-3-7-13(14)16(19)18-15-10-9-11-5-1-2-6-12(11)15/h1-2,5-6,13-15H,3-4,7-10,17H2,(H,18,19). The van der Waals surface area contributed by atoms with Crippen LogP contribution in [0.5, 0.6) is 0 Å². The predicted octanol–water partition coefficient (Wildman–Crippen LogP) is 2.31. The summed E-state index contributed by atoms with van der Waals surface area (Å²) in [5.74, 6) is 0.176. The van der Waals surface area contributed by atoms with Crippen molar-refractivity contribution in [1.82, 2.24) is 5.32 Å². The Morgan fingerprint density at radius 3 is 2.79 bits per heavy atom. The lowest BCUT2D eigenvalue weighted by molar-refractivity contribution is -0.127. The lowest BCUT2D eigenvalue weighted by Gasteiger charge is -2.28. The van der Waals surface area contributed by atoms with Crippen molar-refractivity contribution in [3.8, 4) is 0 Å². The average molecular weight is 258 g/mol. The largest absolute Gasteiger partial charge is 0.349 e. The molecule has 0 aromatic heterocycles. The monoisotopic (exact) mass is 258 g/mol. The van der Waals surface area contributed by atoms with Gasteiger partial charge in [0.15, 0.2) is 0 Å². The van der Waals surface area contributed by atoms with Crippen LogP contribution in [0.4, 0.5) is 0 Å². The van der Waals surface area contributed by atoms with Crippen LogP contribution in [0, 0.1) is 5.92 Å². The van der Waals surface area contributed by atoms with Crippen molar-refractivity contribution in [2.45, 2.75) is 50.6 Å². The molecule has 2 aliphatic rings. The van der Waals surface area contributed by atoms with Crippen LogP contribution >= 0.6 is 0 Å². The minimum Gasteiger partial charge on any atom is -0.349 e. The van der Waals surface area contributed by atoms with Gasteiger partial charge < -0.3 is 11.1 Å². The van der Waals surface area contributed by atoms with E-state index in [1.54, 1.807) is 0 Å². The number of aryl methyl sites for hydroxylation is 1. The Hall–Kier alpha value is -1.35. The van der Waals surface area contributed by atoms with Gasteiger partial charge in [-0.25, -0.2) is 0 Å². The zero-order valence-corrected chi connectivity index (χ0v) is 11.3. The topological polar surface area (TPSA) is 55.1 Å². The minimum atomic E-state index is 0.0153. The summed E-state index contributed by atoms with van der Waals surface area (Å²) in [7, 11) is 0. The molecule has 1 aromatic carbocycles. The van der Waals surface area contributed by atoms with Crippen LogP contribution in [0.25, 0.3) is 0 Å². The molecule has 3 nitrogen and oxygen atoms in total. The van der Waals surface area contributed by atoms with Crippen LogP contribution < -0.4 is 11.1 Å². The van der Waals surface area contributed by atoms with Gasteiger partial charge in [0.1, 0.15) is 0 Å². The maximum absolute atomic E-state index is 12.4. The first kappa shape index (κ1) is 12.7. The summed E-state index contributed by atoms with van der Waals surface area (Å²) < 4.78 is 0. The Kier molecular flexibility index (Phi) is 3.56. The van der Waals surface area contributed by atoms with Crippen molar-refractivity contribution in [2.24, 2.45) is 11.7 Å². The van der Waals surface area contributed by atoms with Gasteiger partial charge in [-0.05, 0) is 36.8 Å². The molecule has 1 amide bonds. The second kappa shape index (κ2) is 5.33. The molecule has 3 heteroatoms. The van der Waals surface area contributed by atoms with Gasteiger partial charge in [0.25, 0.3) is 0 Å². The molecule has 3 atom stereocenters. The van der Waals surface area contributed by atoms with Gasteiger partial charge in [-0.1, -0.05) is 37.1 Å². The molecule has 3 N–H and O–H groups in total. The zero-order chi connectivity index (χ0) is 13.2. The van der Waals surface area contributed by atoms with E-state index in [-0.39, 0.29) is 23.9 Å². The van der Waals surface area contributed by atoms with Crippen LogP contribution in [0.1, 0.15) is 49.3 Å². The number of nitrogens with two attached hydrogens (primary N) is 1. The lowest BCUT2D eigenvalue weighted by Crippen LogP contribution is -2.44. The molecule has 1 aromatic rings. The van der Waals surface area contributed by atoms with Gasteiger partial charge in [-0.15, -0.1) is 0 Å². The van der Waals surface area contributed by atoms with E-state index in [0.717, 1.165) is 38.5 Å². The summed E-state index contributed by atoms with van der Waals surface area (Å²) in [5, 5.41) is 3.22. The van der Waals surface area contributed by atoms with E-state index in [9.17, 15) is 4.79 Å². The van der Waals surface area contributed by atoms with E-state index < -0.39 is 0 Å². The maximum Gasteiger partial charge on any atom is 0.225 e. The Labute approximate surface area is 114 Å². The summed E-state index contributed by atoms with van der Waals surface area (Å²) in [6.45, 7) is 0. The summed E-state index contributed by atoms with van der Waals surface area (Å²) in [4.78, 5) is 12.4. The van der Waals surface area contributed by atoms with Crippen LogP contribution in [-0.4, -0.2) is 11.9 Å². The first-order valence-corrected chi connectivity index (χ1v) is 7.39. The molecule has 19 heavy (non-hydrogen) atoms. The van der Waals surface area contributed by atoms with Gasteiger partial charge in [0, 0.05) is 6.04 Å². The summed E-state index contributed by atoms with van der Waals surface area (Å²) >= 11 is 0. The third kappa shape index (κ3) is 2.52. The van der Waals surface area contributed by atoms with Gasteiger partial charge in [-0.2, -0.15) is 0 Å². The third-order valence-electron chi connectivity index (χ3n) is 4.61. The summed E-state index contributed by atoms with van der Waals surface area (Å²) in [6.07, 6.45) is 6.32. The number of carbonyl (C=O) groups excluding carboxylic acids is 1. The minimum absolute atomic E-state index is 0.0153. The van der Waals surface area contributed by atoms with Crippen molar-refractivity contribution >= 4 is 5.91 Å². The van der Waals surface area contributed by atoms with E-state index in [0.29, 0.717) is 0 Å². The van der Waals surface area contributed by atoms with Crippen LogP contribution in [0.15, 0.2) is 24.3 Å². The normalized spacial score (nSPS) is 29.8. The fourth-order valence-corrected chi connectivity index (χ4v) is 3.47. The van der Waals surface area contributed by atoms with Crippen molar-refractivity contribution in [1.29, 1.82) is 0 Å². The number of hydrogen-bond acceptors (Lipinski definition) is 2. The summed E-state index contributed by atoms with van der Waals surface area (Å²) in [5.41, 5.74) is 8.76. The number of amides is 1. The van der Waals surface area contributed by atoms with Gasteiger partial charge in [0.2, 0.25) is 5.91 Å². The molecule has 3 rings (SSSR count). The second-order valence-corrected chi connectivity index (χ2v) is 5.85. The molecule has 3 unspecified atom stereocenters. The van der Waals surface area contributed by atoms with Gasteiger partial charge in [-0.3, -0.25) is 4.79 Å².